The standard InChI is InChI=1S/C22H22F3N7OS/c1-13-7-8-26-32(13)12-17(33)31-10-9-30(11-14(31)2)20-18(29-21(34-20)22(23,24)25)19-27-15-5-3-4-6-16(15)28-19/h3-8,14H,9-12H2,1-2H3,(H,27,28)/t14-/m1/s1. The number of H-pyrrole nitrogens is 1. The molecule has 0 saturated carbocycles. The number of rotatable bonds is 4. The number of aromatic amines is 1. The summed E-state index contributed by atoms with van der Waals surface area (Å²) >= 11 is 0.607. The van der Waals surface area contributed by atoms with Crippen LogP contribution in [0.1, 0.15) is 17.6 Å². The first-order chi connectivity index (χ1) is 16.2. The lowest BCUT2D eigenvalue weighted by Gasteiger charge is -2.40. The van der Waals surface area contributed by atoms with Crippen molar-refractivity contribution in [1.29, 1.82) is 0 Å². The number of carbonyl (C=O) groups excluding carboxylic acids is 1. The number of alkyl halides is 3. The Morgan fingerprint density at radius 1 is 1.21 bits per heavy atom. The third-order valence-corrected chi connectivity index (χ3v) is 7.08. The highest BCUT2D eigenvalue weighted by molar-refractivity contribution is 7.16. The number of amides is 1. The van der Waals surface area contributed by atoms with Gasteiger partial charge in [-0.2, -0.15) is 18.3 Å². The number of para-hydroxylation sites is 2. The minimum absolute atomic E-state index is 0.0725. The molecule has 1 amide bonds. The number of nitrogens with zero attached hydrogens (tertiary/aromatic N) is 6. The largest absolute Gasteiger partial charge is 0.443 e. The molecule has 1 aromatic carbocycles. The van der Waals surface area contributed by atoms with Crippen molar-refractivity contribution in [3.8, 4) is 11.5 Å². The molecule has 1 atom stereocenters. The number of imidazole rings is 1. The molecule has 0 aliphatic carbocycles. The summed E-state index contributed by atoms with van der Waals surface area (Å²) < 4.78 is 42.3. The monoisotopic (exact) mass is 489 g/mol. The van der Waals surface area contributed by atoms with Crippen molar-refractivity contribution < 1.29 is 18.0 Å². The molecule has 1 N–H and O–H groups in total. The maximum atomic E-state index is 13.6. The van der Waals surface area contributed by atoms with Crippen LogP contribution in [0.5, 0.6) is 0 Å². The van der Waals surface area contributed by atoms with Crippen molar-refractivity contribution in [2.24, 2.45) is 0 Å². The number of anilines is 1. The summed E-state index contributed by atoms with van der Waals surface area (Å²) in [6.07, 6.45) is -2.92. The zero-order valence-corrected chi connectivity index (χ0v) is 19.3. The molecule has 0 radical (unpaired) electrons. The van der Waals surface area contributed by atoms with Gasteiger partial charge < -0.3 is 14.8 Å². The number of fused-ring (bicyclic) bond motifs is 1. The van der Waals surface area contributed by atoms with Crippen LogP contribution >= 0.6 is 11.3 Å². The van der Waals surface area contributed by atoms with Gasteiger partial charge in [0.25, 0.3) is 0 Å². The van der Waals surface area contributed by atoms with E-state index in [1.165, 1.54) is 0 Å². The van der Waals surface area contributed by atoms with Gasteiger partial charge in [-0.15, -0.1) is 0 Å². The lowest BCUT2D eigenvalue weighted by atomic mass is 10.2. The fourth-order valence-electron chi connectivity index (χ4n) is 4.16. The Bertz CT molecular complexity index is 1310. The Labute approximate surface area is 197 Å². The summed E-state index contributed by atoms with van der Waals surface area (Å²) in [5, 5.41) is 3.64. The fourth-order valence-corrected chi connectivity index (χ4v) is 5.13. The van der Waals surface area contributed by atoms with Gasteiger partial charge in [-0.1, -0.05) is 23.5 Å². The van der Waals surface area contributed by atoms with Crippen molar-refractivity contribution in [3.63, 3.8) is 0 Å². The maximum Gasteiger partial charge on any atom is 0.443 e. The molecule has 1 fully saturated rings. The number of benzene rings is 1. The number of nitrogens with one attached hydrogen (secondary N) is 1. The van der Waals surface area contributed by atoms with E-state index in [1.807, 2.05) is 43.0 Å². The van der Waals surface area contributed by atoms with E-state index in [4.69, 9.17) is 0 Å². The third kappa shape index (κ3) is 4.13. The molecule has 3 aromatic heterocycles. The minimum Gasteiger partial charge on any atom is -0.358 e. The Morgan fingerprint density at radius 2 is 2.00 bits per heavy atom. The van der Waals surface area contributed by atoms with Crippen LogP contribution in [0.25, 0.3) is 22.6 Å². The molecule has 1 aliphatic rings. The number of hydrogen-bond donors (Lipinski definition) is 1. The summed E-state index contributed by atoms with van der Waals surface area (Å²) in [7, 11) is 0. The van der Waals surface area contributed by atoms with E-state index in [9.17, 15) is 18.0 Å². The first kappa shape index (κ1) is 22.4. The van der Waals surface area contributed by atoms with E-state index in [0.717, 1.165) is 11.2 Å². The Kier molecular flexibility index (Phi) is 5.54. The predicted octanol–water partition coefficient (Wildman–Crippen LogP) is 3.95. The number of halogens is 3. The van der Waals surface area contributed by atoms with Crippen LogP contribution in [0, 0.1) is 6.92 Å². The van der Waals surface area contributed by atoms with Crippen molar-refractivity contribution in [1.82, 2.24) is 29.6 Å². The number of hydrogen-bond acceptors (Lipinski definition) is 6. The highest BCUT2D eigenvalue weighted by atomic mass is 32.1. The molecule has 34 heavy (non-hydrogen) atoms. The number of aromatic nitrogens is 5. The normalized spacial score (nSPS) is 17.0. The predicted molar refractivity (Wildman–Crippen MR) is 123 cm³/mol. The summed E-state index contributed by atoms with van der Waals surface area (Å²) in [4.78, 5) is 28.0. The molecule has 178 valence electrons. The molecule has 1 saturated heterocycles. The highest BCUT2D eigenvalue weighted by Gasteiger charge is 2.39. The van der Waals surface area contributed by atoms with Gasteiger partial charge in [-0.05, 0) is 32.0 Å². The molecule has 1 aliphatic heterocycles. The van der Waals surface area contributed by atoms with Gasteiger partial charge in [0.05, 0.1) is 11.0 Å². The fraction of sp³-hybridized carbons (Fsp3) is 0.364. The van der Waals surface area contributed by atoms with Gasteiger partial charge in [-0.3, -0.25) is 9.48 Å². The van der Waals surface area contributed by atoms with Gasteiger partial charge in [-0.25, -0.2) is 9.97 Å². The van der Waals surface area contributed by atoms with E-state index in [1.54, 1.807) is 21.8 Å². The van der Waals surface area contributed by atoms with Crippen molar-refractivity contribution in [3.05, 3.63) is 47.2 Å². The minimum atomic E-state index is -4.56. The molecule has 12 heteroatoms. The van der Waals surface area contributed by atoms with Crippen molar-refractivity contribution in [2.75, 3.05) is 24.5 Å². The molecular weight excluding hydrogens is 467 g/mol. The first-order valence-corrected chi connectivity index (χ1v) is 11.6. The van der Waals surface area contributed by atoms with Crippen LogP contribution in [0.2, 0.25) is 0 Å². The summed E-state index contributed by atoms with van der Waals surface area (Å²) in [6, 6.07) is 8.89. The zero-order valence-electron chi connectivity index (χ0n) is 18.5. The average Bonchev–Trinajstić information content (AvgIpc) is 3.51. The number of aryl methyl sites for hydroxylation is 1. The van der Waals surface area contributed by atoms with Gasteiger partial charge in [0.1, 0.15) is 17.2 Å². The van der Waals surface area contributed by atoms with Crippen LogP contribution in [-0.4, -0.2) is 61.2 Å². The summed E-state index contributed by atoms with van der Waals surface area (Å²) in [6.45, 7) is 5.07. The smallest absolute Gasteiger partial charge is 0.358 e. The quantitative estimate of drug-likeness (QED) is 0.470. The van der Waals surface area contributed by atoms with Crippen molar-refractivity contribution >= 4 is 33.3 Å². The topological polar surface area (TPSA) is 82.9 Å². The van der Waals surface area contributed by atoms with E-state index >= 15 is 0 Å². The lowest BCUT2D eigenvalue weighted by Crippen LogP contribution is -2.54. The summed E-state index contributed by atoms with van der Waals surface area (Å²) in [5.74, 6) is 0.222. The third-order valence-electron chi connectivity index (χ3n) is 5.91. The first-order valence-electron chi connectivity index (χ1n) is 10.8. The van der Waals surface area contributed by atoms with Crippen LogP contribution in [0.15, 0.2) is 36.5 Å². The molecule has 4 aromatic rings. The van der Waals surface area contributed by atoms with E-state index in [0.29, 0.717) is 47.3 Å². The molecule has 5 rings (SSSR count). The van der Waals surface area contributed by atoms with E-state index < -0.39 is 11.2 Å². The molecule has 4 heterocycles. The number of thiazole rings is 1. The lowest BCUT2D eigenvalue weighted by molar-refractivity contribution is -0.137. The zero-order chi connectivity index (χ0) is 24.0. The molecular formula is C22H22F3N7OS. The van der Waals surface area contributed by atoms with Crippen LogP contribution < -0.4 is 4.90 Å². The van der Waals surface area contributed by atoms with E-state index in [2.05, 4.69) is 20.1 Å². The van der Waals surface area contributed by atoms with Gasteiger partial charge in [0.2, 0.25) is 10.9 Å². The Morgan fingerprint density at radius 3 is 2.68 bits per heavy atom. The highest BCUT2D eigenvalue weighted by Crippen LogP contribution is 2.42. The van der Waals surface area contributed by atoms with Gasteiger partial charge in [0, 0.05) is 37.6 Å². The van der Waals surface area contributed by atoms with Crippen LogP contribution in [0.3, 0.4) is 0 Å². The molecule has 0 bridgehead atoms. The Balaban J connectivity index is 1.42. The molecule has 0 spiro atoms. The van der Waals surface area contributed by atoms with E-state index in [-0.39, 0.29) is 24.2 Å². The second-order valence-electron chi connectivity index (χ2n) is 8.29. The van der Waals surface area contributed by atoms with Gasteiger partial charge >= 0.3 is 6.18 Å². The SMILES string of the molecule is Cc1ccnn1CC(=O)N1CCN(c2sc(C(F)(F)F)nc2-c2nc3ccccc3[nH]2)C[C@H]1C. The second kappa shape index (κ2) is 8.42. The molecule has 8 nitrogen and oxygen atoms in total. The average molecular weight is 490 g/mol. The van der Waals surface area contributed by atoms with Crippen molar-refractivity contribution in [2.45, 2.75) is 32.6 Å². The van der Waals surface area contributed by atoms with Crippen LogP contribution in [0.4, 0.5) is 18.2 Å². The molecule has 0 unspecified atom stereocenters. The number of piperazine rings is 1. The second-order valence-corrected chi connectivity index (χ2v) is 9.26. The number of carbonyl (C=O) groups is 1. The maximum absolute atomic E-state index is 13.6. The Hall–Kier alpha value is -3.41. The summed E-state index contributed by atoms with van der Waals surface area (Å²) in [5.41, 5.74) is 2.44. The van der Waals surface area contributed by atoms with Gasteiger partial charge in [0.15, 0.2) is 5.82 Å². The van der Waals surface area contributed by atoms with Crippen LogP contribution in [-0.2, 0) is 17.5 Å².